The van der Waals surface area contributed by atoms with Gasteiger partial charge in [0, 0.05) is 19.5 Å². The van der Waals surface area contributed by atoms with E-state index in [1.807, 2.05) is 17.0 Å². The van der Waals surface area contributed by atoms with Crippen molar-refractivity contribution < 1.29 is 14.1 Å². The molecule has 0 spiro atoms. The topological polar surface area (TPSA) is 38.8 Å². The molecule has 2 aliphatic rings. The van der Waals surface area contributed by atoms with Crippen LogP contribution in [0, 0.1) is 0 Å². The van der Waals surface area contributed by atoms with Crippen LogP contribution in [0.3, 0.4) is 0 Å². The summed E-state index contributed by atoms with van der Waals surface area (Å²) in [5.41, 5.74) is 1.53. The summed E-state index contributed by atoms with van der Waals surface area (Å²) in [6.45, 7) is 9.81. The van der Waals surface area contributed by atoms with Crippen molar-refractivity contribution in [3.05, 3.63) is 29.8 Å². The van der Waals surface area contributed by atoms with E-state index in [2.05, 4.69) is 39.8 Å². The summed E-state index contributed by atoms with van der Waals surface area (Å²) in [5.74, 6) is 0.270. The maximum absolute atomic E-state index is 11.9. The SMILES string of the molecule is CC1(C)OB(c2ccc(CN3CCCCC3=O)cc2)OC1(C)C. The van der Waals surface area contributed by atoms with Gasteiger partial charge < -0.3 is 14.2 Å². The molecule has 3 rings (SSSR count). The van der Waals surface area contributed by atoms with Gasteiger partial charge in [0.25, 0.3) is 0 Å². The van der Waals surface area contributed by atoms with E-state index >= 15 is 0 Å². The molecule has 0 radical (unpaired) electrons. The van der Waals surface area contributed by atoms with Crippen molar-refractivity contribution in [3.63, 3.8) is 0 Å². The summed E-state index contributed by atoms with van der Waals surface area (Å²) in [7, 11) is -0.328. The van der Waals surface area contributed by atoms with Crippen molar-refractivity contribution in [2.24, 2.45) is 0 Å². The fraction of sp³-hybridized carbons (Fsp3) is 0.611. The highest BCUT2D eigenvalue weighted by molar-refractivity contribution is 6.62. The van der Waals surface area contributed by atoms with Crippen LogP contribution in [0.2, 0.25) is 0 Å². The molecule has 0 aliphatic carbocycles. The van der Waals surface area contributed by atoms with E-state index in [1.165, 1.54) is 0 Å². The van der Waals surface area contributed by atoms with E-state index in [1.54, 1.807) is 0 Å². The fourth-order valence-corrected chi connectivity index (χ4v) is 3.01. The van der Waals surface area contributed by atoms with E-state index in [4.69, 9.17) is 9.31 Å². The third-order valence-electron chi connectivity index (χ3n) is 5.30. The van der Waals surface area contributed by atoms with Gasteiger partial charge in [-0.25, -0.2) is 0 Å². The molecule has 0 atom stereocenters. The van der Waals surface area contributed by atoms with Gasteiger partial charge in [-0.1, -0.05) is 24.3 Å². The van der Waals surface area contributed by atoms with Crippen molar-refractivity contribution >= 4 is 18.5 Å². The molecule has 0 saturated carbocycles. The number of hydrogen-bond acceptors (Lipinski definition) is 3. The summed E-state index contributed by atoms with van der Waals surface area (Å²) >= 11 is 0. The number of carbonyl (C=O) groups excluding carboxylic acids is 1. The molecule has 0 N–H and O–H groups in total. The summed E-state index contributed by atoms with van der Waals surface area (Å²) in [6, 6.07) is 8.24. The van der Waals surface area contributed by atoms with Gasteiger partial charge in [-0.2, -0.15) is 0 Å². The lowest BCUT2D eigenvalue weighted by Crippen LogP contribution is -2.41. The van der Waals surface area contributed by atoms with E-state index in [0.29, 0.717) is 13.0 Å². The van der Waals surface area contributed by atoms with Gasteiger partial charge in [0.15, 0.2) is 0 Å². The highest BCUT2D eigenvalue weighted by atomic mass is 16.7. The highest BCUT2D eigenvalue weighted by Crippen LogP contribution is 2.36. The number of rotatable bonds is 3. The van der Waals surface area contributed by atoms with E-state index in [0.717, 1.165) is 30.4 Å². The molecule has 2 heterocycles. The molecule has 4 nitrogen and oxygen atoms in total. The Bertz CT molecular complexity index is 566. The van der Waals surface area contributed by atoms with E-state index in [-0.39, 0.29) is 24.2 Å². The van der Waals surface area contributed by atoms with Crippen molar-refractivity contribution in [1.82, 2.24) is 4.90 Å². The minimum absolute atomic E-state index is 0.270. The number of piperidine rings is 1. The van der Waals surface area contributed by atoms with Crippen LogP contribution in [0.4, 0.5) is 0 Å². The molecular weight excluding hydrogens is 289 g/mol. The molecule has 0 bridgehead atoms. The standard InChI is InChI=1S/C18H26BNO3/c1-17(2)18(3,4)23-19(22-17)15-10-8-14(9-11-15)13-20-12-6-5-7-16(20)21/h8-11H,5-7,12-13H2,1-4H3. The third-order valence-corrected chi connectivity index (χ3v) is 5.30. The second kappa shape index (κ2) is 5.95. The number of likely N-dealkylation sites (tertiary alicyclic amines) is 1. The van der Waals surface area contributed by atoms with Gasteiger partial charge >= 0.3 is 7.12 Å². The lowest BCUT2D eigenvalue weighted by atomic mass is 9.79. The number of carbonyl (C=O) groups is 1. The first-order valence-corrected chi connectivity index (χ1v) is 8.51. The smallest absolute Gasteiger partial charge is 0.399 e. The fourth-order valence-electron chi connectivity index (χ4n) is 3.01. The van der Waals surface area contributed by atoms with Gasteiger partial charge in [-0.05, 0) is 51.6 Å². The Hall–Kier alpha value is -1.33. The van der Waals surface area contributed by atoms with Crippen LogP contribution < -0.4 is 5.46 Å². The molecule has 1 aromatic rings. The van der Waals surface area contributed by atoms with Crippen molar-refractivity contribution in [2.45, 2.75) is 64.7 Å². The molecule has 2 aliphatic heterocycles. The van der Waals surface area contributed by atoms with E-state index in [9.17, 15) is 4.79 Å². The Balaban J connectivity index is 1.67. The maximum atomic E-state index is 11.9. The van der Waals surface area contributed by atoms with Crippen LogP contribution in [-0.2, 0) is 20.6 Å². The molecule has 124 valence electrons. The van der Waals surface area contributed by atoms with Crippen LogP contribution in [0.1, 0.15) is 52.5 Å². The summed E-state index contributed by atoms with van der Waals surface area (Å²) in [4.78, 5) is 13.9. The predicted molar refractivity (Wildman–Crippen MR) is 91.4 cm³/mol. The lowest BCUT2D eigenvalue weighted by Gasteiger charge is -2.32. The molecular formula is C18H26BNO3. The van der Waals surface area contributed by atoms with Crippen molar-refractivity contribution in [1.29, 1.82) is 0 Å². The van der Waals surface area contributed by atoms with E-state index < -0.39 is 0 Å². The first kappa shape index (κ1) is 16.5. The Morgan fingerprint density at radius 1 is 1.04 bits per heavy atom. The number of nitrogens with zero attached hydrogens (tertiary/aromatic N) is 1. The molecule has 2 fully saturated rings. The molecule has 0 unspecified atom stereocenters. The van der Waals surface area contributed by atoms with Gasteiger partial charge in [0.2, 0.25) is 5.91 Å². The molecule has 1 amide bonds. The average Bonchev–Trinajstić information content (AvgIpc) is 2.71. The van der Waals surface area contributed by atoms with Crippen LogP contribution in [-0.4, -0.2) is 35.7 Å². The minimum atomic E-state index is -0.328. The van der Waals surface area contributed by atoms with Crippen LogP contribution in [0.5, 0.6) is 0 Å². The number of hydrogen-bond donors (Lipinski definition) is 0. The Kier molecular flexibility index (Phi) is 4.28. The van der Waals surface area contributed by atoms with Gasteiger partial charge in [0.05, 0.1) is 11.2 Å². The Morgan fingerprint density at radius 2 is 1.65 bits per heavy atom. The van der Waals surface area contributed by atoms with Crippen molar-refractivity contribution in [3.8, 4) is 0 Å². The largest absolute Gasteiger partial charge is 0.494 e. The zero-order valence-electron chi connectivity index (χ0n) is 14.6. The molecule has 23 heavy (non-hydrogen) atoms. The molecule has 5 heteroatoms. The minimum Gasteiger partial charge on any atom is -0.399 e. The van der Waals surface area contributed by atoms with Crippen LogP contribution >= 0.6 is 0 Å². The monoisotopic (exact) mass is 315 g/mol. The zero-order valence-corrected chi connectivity index (χ0v) is 14.6. The third kappa shape index (κ3) is 3.31. The molecule has 1 aromatic carbocycles. The quantitative estimate of drug-likeness (QED) is 0.805. The van der Waals surface area contributed by atoms with Gasteiger partial charge in [-0.15, -0.1) is 0 Å². The molecule has 2 saturated heterocycles. The predicted octanol–water partition coefficient (Wildman–Crippen LogP) is 2.50. The Morgan fingerprint density at radius 3 is 2.22 bits per heavy atom. The summed E-state index contributed by atoms with van der Waals surface area (Å²) in [6.07, 6.45) is 2.82. The lowest BCUT2D eigenvalue weighted by molar-refractivity contribution is -0.133. The highest BCUT2D eigenvalue weighted by Gasteiger charge is 2.51. The normalized spacial score (nSPS) is 23.4. The maximum Gasteiger partial charge on any atom is 0.494 e. The van der Waals surface area contributed by atoms with Gasteiger partial charge in [0.1, 0.15) is 0 Å². The first-order valence-electron chi connectivity index (χ1n) is 8.51. The number of benzene rings is 1. The van der Waals surface area contributed by atoms with Crippen molar-refractivity contribution in [2.75, 3.05) is 6.54 Å². The first-order chi connectivity index (χ1) is 10.8. The molecule has 0 aromatic heterocycles. The second-order valence-electron chi connectivity index (χ2n) is 7.60. The van der Waals surface area contributed by atoms with Crippen LogP contribution in [0.15, 0.2) is 24.3 Å². The summed E-state index contributed by atoms with van der Waals surface area (Å²) in [5, 5.41) is 0. The second-order valence-corrected chi connectivity index (χ2v) is 7.60. The average molecular weight is 315 g/mol. The Labute approximate surface area is 139 Å². The number of amides is 1. The summed E-state index contributed by atoms with van der Waals surface area (Å²) < 4.78 is 12.1. The van der Waals surface area contributed by atoms with Crippen LogP contribution in [0.25, 0.3) is 0 Å². The van der Waals surface area contributed by atoms with Gasteiger partial charge in [-0.3, -0.25) is 4.79 Å². The zero-order chi connectivity index (χ0) is 16.7.